The molecule has 1 atom stereocenters. The third-order valence-corrected chi connectivity index (χ3v) is 4.39. The number of amides is 1. The Hall–Kier alpha value is -1.35. The van der Waals surface area contributed by atoms with Crippen molar-refractivity contribution in [2.45, 2.75) is 26.3 Å². The molecule has 9 heteroatoms. The van der Waals surface area contributed by atoms with Crippen LogP contribution in [-0.2, 0) is 4.79 Å². The fraction of sp³-hybridized carbons (Fsp3) is 0.364. The molecule has 2 aromatic rings. The maximum Gasteiger partial charge on any atom is 0.283 e. The molecule has 0 fully saturated rings. The summed E-state index contributed by atoms with van der Waals surface area (Å²) in [6, 6.07) is -0.720. The topological polar surface area (TPSA) is 59.8 Å². The molecule has 2 aromatic heterocycles. The van der Waals surface area contributed by atoms with E-state index in [0.29, 0.717) is 10.8 Å². The minimum absolute atomic E-state index is 0.224. The third kappa shape index (κ3) is 2.88. The number of nitrogens with one attached hydrogen (secondary N) is 1. The third-order valence-electron chi connectivity index (χ3n) is 2.72. The van der Waals surface area contributed by atoms with Gasteiger partial charge in [0.25, 0.3) is 12.3 Å². The van der Waals surface area contributed by atoms with Gasteiger partial charge in [-0.05, 0) is 29.8 Å². The summed E-state index contributed by atoms with van der Waals surface area (Å²) in [5, 5.41) is 8.60. The van der Waals surface area contributed by atoms with Crippen LogP contribution in [0.2, 0.25) is 0 Å². The van der Waals surface area contributed by atoms with Crippen molar-refractivity contribution in [3.63, 3.8) is 0 Å². The van der Waals surface area contributed by atoms with Crippen LogP contribution in [0.3, 0.4) is 0 Å². The molecule has 0 aliphatic rings. The molecule has 0 aliphatic carbocycles. The van der Waals surface area contributed by atoms with Crippen molar-refractivity contribution in [1.82, 2.24) is 14.8 Å². The second kappa shape index (κ2) is 5.96. The van der Waals surface area contributed by atoms with Gasteiger partial charge in [-0.25, -0.2) is 13.8 Å². The molecule has 5 nitrogen and oxygen atoms in total. The van der Waals surface area contributed by atoms with Gasteiger partial charge in [0.15, 0.2) is 5.13 Å². The van der Waals surface area contributed by atoms with Crippen LogP contribution in [0.25, 0.3) is 0 Å². The number of halogens is 3. The molecule has 0 spiro atoms. The lowest BCUT2D eigenvalue weighted by molar-refractivity contribution is -0.119. The molecule has 0 bridgehead atoms. The summed E-state index contributed by atoms with van der Waals surface area (Å²) in [6.07, 6.45) is -1.13. The zero-order valence-corrected chi connectivity index (χ0v) is 13.0. The summed E-state index contributed by atoms with van der Waals surface area (Å²) in [5.41, 5.74) is 0.110. The van der Waals surface area contributed by atoms with Gasteiger partial charge in [0, 0.05) is 11.6 Å². The molecule has 0 unspecified atom stereocenters. The molecule has 0 aliphatic heterocycles. The Morgan fingerprint density at radius 3 is 2.75 bits per heavy atom. The number of rotatable bonds is 4. The van der Waals surface area contributed by atoms with E-state index in [4.69, 9.17) is 0 Å². The van der Waals surface area contributed by atoms with Crippen molar-refractivity contribution in [2.24, 2.45) is 0 Å². The van der Waals surface area contributed by atoms with Gasteiger partial charge in [-0.2, -0.15) is 5.10 Å². The maximum absolute atomic E-state index is 12.8. The largest absolute Gasteiger partial charge is 0.300 e. The molecule has 2 heterocycles. The van der Waals surface area contributed by atoms with Crippen LogP contribution in [0, 0.1) is 6.92 Å². The van der Waals surface area contributed by atoms with E-state index in [1.165, 1.54) is 16.0 Å². The second-order valence-electron chi connectivity index (χ2n) is 4.03. The van der Waals surface area contributed by atoms with Gasteiger partial charge < -0.3 is 5.32 Å². The SMILES string of the molecule is Cc1c(Br)c(C(F)F)nn1[C@H](C)C(=O)Nc1nccs1. The minimum atomic E-state index is -2.70. The standard InChI is InChI=1S/C11H11BrF2N4OS/c1-5-7(12)8(9(13)14)17-18(5)6(2)10(19)16-11-15-3-4-20-11/h3-4,6,9H,1-2H3,(H,15,16,19)/t6-/m1/s1. The molecule has 20 heavy (non-hydrogen) atoms. The van der Waals surface area contributed by atoms with E-state index in [1.54, 1.807) is 25.4 Å². The first-order valence-electron chi connectivity index (χ1n) is 5.64. The average molecular weight is 365 g/mol. The first kappa shape index (κ1) is 15.0. The van der Waals surface area contributed by atoms with Gasteiger partial charge in [0.2, 0.25) is 0 Å². The quantitative estimate of drug-likeness (QED) is 0.902. The predicted octanol–water partition coefficient (Wildman–Crippen LogP) is 3.55. The van der Waals surface area contributed by atoms with Gasteiger partial charge in [-0.1, -0.05) is 0 Å². The summed E-state index contributed by atoms with van der Waals surface area (Å²) < 4.78 is 27.0. The first-order valence-corrected chi connectivity index (χ1v) is 7.32. The van der Waals surface area contributed by atoms with Gasteiger partial charge in [0.05, 0.1) is 10.2 Å². The van der Waals surface area contributed by atoms with Gasteiger partial charge in [-0.3, -0.25) is 9.48 Å². The number of carbonyl (C=O) groups excluding carboxylic acids is 1. The number of anilines is 1. The van der Waals surface area contributed by atoms with E-state index < -0.39 is 12.5 Å². The normalized spacial score (nSPS) is 12.7. The lowest BCUT2D eigenvalue weighted by Gasteiger charge is -2.13. The van der Waals surface area contributed by atoms with Crippen molar-refractivity contribution in [3.8, 4) is 0 Å². The monoisotopic (exact) mass is 364 g/mol. The Bertz CT molecular complexity index is 614. The number of hydrogen-bond donors (Lipinski definition) is 1. The molecule has 1 N–H and O–H groups in total. The summed E-state index contributed by atoms with van der Waals surface area (Å²) >= 11 is 4.35. The van der Waals surface area contributed by atoms with Crippen molar-refractivity contribution < 1.29 is 13.6 Å². The number of alkyl halides is 2. The Kier molecular flexibility index (Phi) is 4.48. The summed E-state index contributed by atoms with van der Waals surface area (Å²) in [7, 11) is 0. The van der Waals surface area contributed by atoms with Crippen LogP contribution in [-0.4, -0.2) is 20.7 Å². The number of aromatic nitrogens is 3. The van der Waals surface area contributed by atoms with Crippen LogP contribution in [0.1, 0.15) is 30.8 Å². The maximum atomic E-state index is 12.8. The lowest BCUT2D eigenvalue weighted by Crippen LogP contribution is -2.25. The number of thiazole rings is 1. The van der Waals surface area contributed by atoms with Gasteiger partial charge in [0.1, 0.15) is 11.7 Å². The first-order chi connectivity index (χ1) is 9.41. The fourth-order valence-corrected chi connectivity index (χ4v) is 2.61. The van der Waals surface area contributed by atoms with E-state index in [-0.39, 0.29) is 16.1 Å². The smallest absolute Gasteiger partial charge is 0.283 e. The summed E-state index contributed by atoms with van der Waals surface area (Å²) in [4.78, 5) is 16.0. The average Bonchev–Trinajstić information content (AvgIpc) is 2.99. The number of carbonyl (C=O) groups is 1. The predicted molar refractivity (Wildman–Crippen MR) is 75.1 cm³/mol. The van der Waals surface area contributed by atoms with Crippen molar-refractivity contribution in [3.05, 3.63) is 27.4 Å². The summed E-state index contributed by atoms with van der Waals surface area (Å²) in [6.45, 7) is 3.21. The highest BCUT2D eigenvalue weighted by atomic mass is 79.9. The van der Waals surface area contributed by atoms with Crippen LogP contribution < -0.4 is 5.32 Å². The number of hydrogen-bond acceptors (Lipinski definition) is 4. The molecule has 0 aromatic carbocycles. The van der Waals surface area contributed by atoms with Crippen LogP contribution in [0.5, 0.6) is 0 Å². The van der Waals surface area contributed by atoms with E-state index >= 15 is 0 Å². The molecule has 0 saturated heterocycles. The Morgan fingerprint density at radius 1 is 1.55 bits per heavy atom. The zero-order valence-electron chi connectivity index (χ0n) is 10.6. The Balaban J connectivity index is 2.22. The molecular formula is C11H11BrF2N4OS. The molecule has 2 rings (SSSR count). The highest BCUT2D eigenvalue weighted by molar-refractivity contribution is 9.10. The molecular weight excluding hydrogens is 354 g/mol. The number of nitrogens with zero attached hydrogens (tertiary/aromatic N) is 3. The van der Waals surface area contributed by atoms with Crippen LogP contribution in [0.4, 0.5) is 13.9 Å². The highest BCUT2D eigenvalue weighted by Crippen LogP contribution is 2.30. The van der Waals surface area contributed by atoms with E-state index in [0.717, 1.165) is 0 Å². The van der Waals surface area contributed by atoms with E-state index in [1.807, 2.05) is 0 Å². The van der Waals surface area contributed by atoms with Crippen LogP contribution >= 0.6 is 27.3 Å². The Labute approximate surface area is 126 Å². The van der Waals surface area contributed by atoms with Crippen molar-refractivity contribution in [2.75, 3.05) is 5.32 Å². The van der Waals surface area contributed by atoms with Gasteiger partial charge >= 0.3 is 0 Å². The molecule has 0 saturated carbocycles. The van der Waals surface area contributed by atoms with Gasteiger partial charge in [-0.15, -0.1) is 11.3 Å². The van der Waals surface area contributed by atoms with Crippen molar-refractivity contribution in [1.29, 1.82) is 0 Å². The molecule has 0 radical (unpaired) electrons. The highest BCUT2D eigenvalue weighted by Gasteiger charge is 2.25. The Morgan fingerprint density at radius 2 is 2.25 bits per heavy atom. The second-order valence-corrected chi connectivity index (χ2v) is 5.72. The molecule has 108 valence electrons. The summed E-state index contributed by atoms with van der Waals surface area (Å²) in [5.74, 6) is -0.362. The lowest BCUT2D eigenvalue weighted by atomic mass is 10.3. The van der Waals surface area contributed by atoms with E-state index in [2.05, 4.69) is 31.3 Å². The van der Waals surface area contributed by atoms with Crippen molar-refractivity contribution >= 4 is 38.3 Å². The van der Waals surface area contributed by atoms with Crippen LogP contribution in [0.15, 0.2) is 16.0 Å². The zero-order chi connectivity index (χ0) is 14.9. The minimum Gasteiger partial charge on any atom is -0.300 e. The van der Waals surface area contributed by atoms with E-state index in [9.17, 15) is 13.6 Å². The molecule has 1 amide bonds. The fourth-order valence-electron chi connectivity index (χ4n) is 1.64.